The highest BCUT2D eigenvalue weighted by atomic mass is 19.1. The summed E-state index contributed by atoms with van der Waals surface area (Å²) < 4.78 is 28.1. The lowest BCUT2D eigenvalue weighted by molar-refractivity contribution is 0.208. The molecule has 0 aliphatic rings. The molecule has 132 valence electrons. The second-order valence-electron chi connectivity index (χ2n) is 5.82. The summed E-state index contributed by atoms with van der Waals surface area (Å²) in [5, 5.41) is 24.5. The molecule has 0 fully saturated rings. The summed E-state index contributed by atoms with van der Waals surface area (Å²) in [5.41, 5.74) is 1.64. The molecule has 0 amide bonds. The van der Waals surface area contributed by atoms with Crippen molar-refractivity contribution >= 4 is 17.2 Å². The molecule has 0 saturated carbocycles. The van der Waals surface area contributed by atoms with E-state index >= 15 is 0 Å². The van der Waals surface area contributed by atoms with Crippen LogP contribution in [0.15, 0.2) is 42.6 Å². The van der Waals surface area contributed by atoms with Gasteiger partial charge in [0.05, 0.1) is 6.20 Å². The maximum absolute atomic E-state index is 13.7. The van der Waals surface area contributed by atoms with Crippen LogP contribution in [0.3, 0.4) is 0 Å². The van der Waals surface area contributed by atoms with E-state index < -0.39 is 17.7 Å². The fraction of sp³-hybridized carbons (Fsp3) is 0.118. The Kier molecular flexibility index (Phi) is 3.85. The van der Waals surface area contributed by atoms with E-state index in [-0.39, 0.29) is 11.6 Å². The molecule has 3 N–H and O–H groups in total. The molecule has 4 rings (SSSR count). The van der Waals surface area contributed by atoms with Gasteiger partial charge < -0.3 is 10.4 Å². The molecule has 3 heterocycles. The molecular formula is C17H14F2N6O. The zero-order valence-corrected chi connectivity index (χ0v) is 13.6. The van der Waals surface area contributed by atoms with Gasteiger partial charge in [-0.25, -0.2) is 18.3 Å². The van der Waals surface area contributed by atoms with Crippen LogP contribution < -0.4 is 5.32 Å². The first-order valence-electron chi connectivity index (χ1n) is 7.78. The van der Waals surface area contributed by atoms with Gasteiger partial charge in [-0.15, -0.1) is 5.10 Å². The number of benzene rings is 1. The minimum Gasteiger partial charge on any atom is -0.380 e. The van der Waals surface area contributed by atoms with Crippen LogP contribution in [-0.4, -0.2) is 29.9 Å². The number of aliphatic hydroxyl groups excluding tert-OH is 1. The van der Waals surface area contributed by atoms with Crippen LogP contribution in [0.2, 0.25) is 0 Å². The summed E-state index contributed by atoms with van der Waals surface area (Å²) in [6.45, 7) is 1.84. The number of hydrogen-bond acceptors (Lipinski definition) is 5. The van der Waals surface area contributed by atoms with Crippen LogP contribution >= 0.6 is 0 Å². The number of aromatic amines is 1. The molecule has 1 aromatic carbocycles. The first-order valence-corrected chi connectivity index (χ1v) is 7.78. The van der Waals surface area contributed by atoms with Crippen LogP contribution in [0.25, 0.3) is 5.52 Å². The molecule has 0 bridgehead atoms. The van der Waals surface area contributed by atoms with Gasteiger partial charge in [-0.2, -0.15) is 5.10 Å². The predicted octanol–water partition coefficient (Wildman–Crippen LogP) is 2.86. The van der Waals surface area contributed by atoms with Crippen LogP contribution in [0.1, 0.15) is 23.2 Å². The molecule has 0 aliphatic heterocycles. The quantitative estimate of drug-likeness (QED) is 0.523. The van der Waals surface area contributed by atoms with Crippen molar-refractivity contribution in [3.05, 3.63) is 71.3 Å². The van der Waals surface area contributed by atoms with Gasteiger partial charge >= 0.3 is 0 Å². The fourth-order valence-electron chi connectivity index (χ4n) is 2.59. The first kappa shape index (κ1) is 16.2. The van der Waals surface area contributed by atoms with Gasteiger partial charge in [-0.1, -0.05) is 12.1 Å². The average Bonchev–Trinajstić information content (AvgIpc) is 3.19. The van der Waals surface area contributed by atoms with Gasteiger partial charge in [0, 0.05) is 17.8 Å². The molecular weight excluding hydrogens is 342 g/mol. The number of rotatable bonds is 4. The Labute approximate surface area is 146 Å². The highest BCUT2D eigenvalue weighted by Gasteiger charge is 2.18. The van der Waals surface area contributed by atoms with Crippen LogP contribution in [0.4, 0.5) is 20.4 Å². The number of aromatic nitrogens is 5. The van der Waals surface area contributed by atoms with Gasteiger partial charge in [-0.3, -0.25) is 5.10 Å². The fourth-order valence-corrected chi connectivity index (χ4v) is 2.59. The van der Waals surface area contributed by atoms with Gasteiger partial charge in [0.1, 0.15) is 23.3 Å². The Hall–Kier alpha value is -3.33. The predicted molar refractivity (Wildman–Crippen MR) is 90.0 cm³/mol. The standard InChI is InChI=1S/C17H14F2N6O/c1-9-6-14(23-22-9)20-16-13-7-12(19)8-25(13)24-17(21-16)15(26)10-2-4-11(18)5-3-10/h2-8,15,26H,1H3,(H2,20,21,22,23,24). The molecule has 0 saturated heterocycles. The largest absolute Gasteiger partial charge is 0.380 e. The lowest BCUT2D eigenvalue weighted by atomic mass is 10.1. The topological polar surface area (TPSA) is 91.1 Å². The van der Waals surface area contributed by atoms with Gasteiger partial charge in [0.15, 0.2) is 17.5 Å². The minimum atomic E-state index is -1.20. The Morgan fingerprint density at radius 2 is 1.92 bits per heavy atom. The van der Waals surface area contributed by atoms with E-state index in [4.69, 9.17) is 0 Å². The van der Waals surface area contributed by atoms with Crippen LogP contribution in [0.5, 0.6) is 0 Å². The number of nitrogens with zero attached hydrogens (tertiary/aromatic N) is 4. The summed E-state index contributed by atoms with van der Waals surface area (Å²) in [4.78, 5) is 4.31. The Morgan fingerprint density at radius 1 is 1.15 bits per heavy atom. The molecule has 9 heteroatoms. The lowest BCUT2D eigenvalue weighted by Crippen LogP contribution is -2.11. The second kappa shape index (κ2) is 6.19. The number of nitrogens with one attached hydrogen (secondary N) is 2. The van der Waals surface area contributed by atoms with Gasteiger partial charge in [0.25, 0.3) is 0 Å². The zero-order valence-electron chi connectivity index (χ0n) is 13.6. The van der Waals surface area contributed by atoms with Crippen molar-refractivity contribution in [3.8, 4) is 0 Å². The maximum Gasteiger partial charge on any atom is 0.184 e. The molecule has 4 aromatic rings. The average molecular weight is 356 g/mol. The third-order valence-corrected chi connectivity index (χ3v) is 3.83. The Bertz CT molecular complexity index is 1070. The van der Waals surface area contributed by atoms with Crippen molar-refractivity contribution in [2.24, 2.45) is 0 Å². The maximum atomic E-state index is 13.7. The Balaban J connectivity index is 1.78. The number of anilines is 2. The van der Waals surface area contributed by atoms with Crippen molar-refractivity contribution in [3.63, 3.8) is 0 Å². The van der Waals surface area contributed by atoms with Gasteiger partial charge in [-0.05, 0) is 24.6 Å². The number of halogens is 2. The van der Waals surface area contributed by atoms with E-state index in [1.54, 1.807) is 6.07 Å². The number of fused-ring (bicyclic) bond motifs is 1. The normalized spacial score (nSPS) is 12.5. The summed E-state index contributed by atoms with van der Waals surface area (Å²) in [6, 6.07) is 8.38. The number of H-pyrrole nitrogens is 1. The second-order valence-corrected chi connectivity index (χ2v) is 5.82. The molecule has 3 aromatic heterocycles. The molecule has 1 unspecified atom stereocenters. The molecule has 7 nitrogen and oxygen atoms in total. The van der Waals surface area contributed by atoms with Crippen molar-refractivity contribution < 1.29 is 13.9 Å². The smallest absolute Gasteiger partial charge is 0.184 e. The highest BCUT2D eigenvalue weighted by molar-refractivity contribution is 5.72. The molecule has 26 heavy (non-hydrogen) atoms. The number of aliphatic hydroxyl groups is 1. The number of hydrogen-bond donors (Lipinski definition) is 3. The molecule has 1 atom stereocenters. The van der Waals surface area contributed by atoms with Crippen LogP contribution in [-0.2, 0) is 0 Å². The Morgan fingerprint density at radius 3 is 2.62 bits per heavy atom. The third kappa shape index (κ3) is 3.00. The zero-order chi connectivity index (χ0) is 18.3. The third-order valence-electron chi connectivity index (χ3n) is 3.83. The van der Waals surface area contributed by atoms with Gasteiger partial charge in [0.2, 0.25) is 0 Å². The van der Waals surface area contributed by atoms with E-state index in [9.17, 15) is 13.9 Å². The lowest BCUT2D eigenvalue weighted by Gasteiger charge is -2.12. The van der Waals surface area contributed by atoms with E-state index in [2.05, 4.69) is 25.6 Å². The van der Waals surface area contributed by atoms with E-state index in [1.807, 2.05) is 6.92 Å². The van der Waals surface area contributed by atoms with E-state index in [1.165, 1.54) is 41.0 Å². The molecule has 0 radical (unpaired) electrons. The molecule has 0 spiro atoms. The van der Waals surface area contributed by atoms with Crippen molar-refractivity contribution in [2.45, 2.75) is 13.0 Å². The summed E-state index contributed by atoms with van der Waals surface area (Å²) in [7, 11) is 0. The van der Waals surface area contributed by atoms with E-state index in [0.29, 0.717) is 16.9 Å². The highest BCUT2D eigenvalue weighted by Crippen LogP contribution is 2.25. The monoisotopic (exact) mass is 356 g/mol. The summed E-state index contributed by atoms with van der Waals surface area (Å²) in [6.07, 6.45) is -0.0225. The van der Waals surface area contributed by atoms with Crippen molar-refractivity contribution in [1.29, 1.82) is 0 Å². The minimum absolute atomic E-state index is 0.0365. The van der Waals surface area contributed by atoms with Crippen molar-refractivity contribution in [1.82, 2.24) is 24.8 Å². The summed E-state index contributed by atoms with van der Waals surface area (Å²) in [5.74, 6) is -0.0944. The van der Waals surface area contributed by atoms with Crippen LogP contribution in [0, 0.1) is 18.6 Å². The van der Waals surface area contributed by atoms with E-state index in [0.717, 1.165) is 5.69 Å². The summed E-state index contributed by atoms with van der Waals surface area (Å²) >= 11 is 0. The van der Waals surface area contributed by atoms with Crippen molar-refractivity contribution in [2.75, 3.05) is 5.32 Å². The SMILES string of the molecule is Cc1cc(Nc2nc(C(O)c3ccc(F)cc3)nn3cc(F)cc23)n[nH]1. The number of aryl methyl sites for hydroxylation is 1. The molecule has 0 aliphatic carbocycles. The first-order chi connectivity index (χ1) is 12.5.